The minimum atomic E-state index is 0.419. The van der Waals surface area contributed by atoms with E-state index in [1.54, 1.807) is 11.6 Å². The Balaban J connectivity index is 1.63. The smallest absolute Gasteiger partial charge is 0.254 e. The van der Waals surface area contributed by atoms with Gasteiger partial charge in [-0.05, 0) is 18.6 Å². The van der Waals surface area contributed by atoms with Gasteiger partial charge in [-0.1, -0.05) is 12.1 Å². The minimum absolute atomic E-state index is 0.419. The van der Waals surface area contributed by atoms with Gasteiger partial charge in [0.15, 0.2) is 0 Å². The number of benzene rings is 1. The van der Waals surface area contributed by atoms with Crippen molar-refractivity contribution < 1.29 is 4.74 Å². The van der Waals surface area contributed by atoms with Gasteiger partial charge in [0.2, 0.25) is 0 Å². The van der Waals surface area contributed by atoms with E-state index in [1.807, 2.05) is 18.2 Å². The minimum Gasteiger partial charge on any atom is -0.378 e. The number of H-pyrrole nitrogens is 1. The molecule has 3 aromatic heterocycles. The lowest BCUT2D eigenvalue weighted by molar-refractivity contribution is 0.181. The van der Waals surface area contributed by atoms with E-state index in [4.69, 9.17) is 4.74 Å². The van der Waals surface area contributed by atoms with Crippen LogP contribution in [-0.4, -0.2) is 36.7 Å². The molecule has 0 radical (unpaired) electrons. The maximum atomic E-state index is 5.16. The molecule has 2 N–H and O–H groups in total. The largest absolute Gasteiger partial charge is 0.378 e. The van der Waals surface area contributed by atoms with Crippen LogP contribution >= 0.6 is 0 Å². The summed E-state index contributed by atoms with van der Waals surface area (Å²) in [5, 5.41) is 7.54. The number of aromatic nitrogens is 6. The number of hydrogen-bond acceptors (Lipinski definition) is 6. The van der Waals surface area contributed by atoms with Crippen LogP contribution in [0, 0.1) is 6.92 Å². The second-order valence-electron chi connectivity index (χ2n) is 5.55. The Kier molecular flexibility index (Phi) is 3.58. The average molecular weight is 323 g/mol. The van der Waals surface area contributed by atoms with E-state index in [9.17, 15) is 0 Å². The number of anilines is 1. The molecule has 0 saturated carbocycles. The summed E-state index contributed by atoms with van der Waals surface area (Å²) in [6.45, 7) is 3.01. The first-order valence-electron chi connectivity index (χ1n) is 7.61. The standard InChI is InChI=1S/C16H17N7O/c1-10-4-3-5-12-15(10)22-13(21-12)7-17-14-6-11(8-24-2)20-16-18-9-19-23(14)16/h3-6,9,17H,7-8H2,1-2H3,(H,21,22). The predicted molar refractivity (Wildman–Crippen MR) is 89.7 cm³/mol. The number of fused-ring (bicyclic) bond motifs is 2. The van der Waals surface area contributed by atoms with Gasteiger partial charge in [-0.2, -0.15) is 14.6 Å². The highest BCUT2D eigenvalue weighted by molar-refractivity contribution is 5.78. The SMILES string of the molecule is COCc1cc(NCc2nc3c(C)cccc3[nH]2)n2ncnc2n1. The summed E-state index contributed by atoms with van der Waals surface area (Å²) in [7, 11) is 1.64. The molecule has 0 bridgehead atoms. The van der Waals surface area contributed by atoms with E-state index in [2.05, 4.69) is 43.3 Å². The van der Waals surface area contributed by atoms with Gasteiger partial charge in [-0.3, -0.25) is 0 Å². The highest BCUT2D eigenvalue weighted by Crippen LogP contribution is 2.17. The highest BCUT2D eigenvalue weighted by atomic mass is 16.5. The number of aryl methyl sites for hydroxylation is 1. The molecule has 0 aliphatic rings. The zero-order chi connectivity index (χ0) is 16.5. The lowest BCUT2D eigenvalue weighted by atomic mass is 10.2. The third kappa shape index (κ3) is 2.56. The molecule has 0 aliphatic heterocycles. The Morgan fingerprint density at radius 2 is 2.21 bits per heavy atom. The molecular weight excluding hydrogens is 306 g/mol. The van der Waals surface area contributed by atoms with Crippen molar-refractivity contribution in [1.82, 2.24) is 29.5 Å². The van der Waals surface area contributed by atoms with Gasteiger partial charge in [0, 0.05) is 13.2 Å². The number of nitrogens with zero attached hydrogens (tertiary/aromatic N) is 5. The first-order valence-corrected chi connectivity index (χ1v) is 7.61. The molecule has 0 atom stereocenters. The molecule has 8 nitrogen and oxygen atoms in total. The summed E-state index contributed by atoms with van der Waals surface area (Å²) in [5.74, 6) is 2.19. The van der Waals surface area contributed by atoms with E-state index >= 15 is 0 Å². The van der Waals surface area contributed by atoms with Crippen molar-refractivity contribution in [3.05, 3.63) is 47.7 Å². The Morgan fingerprint density at radius 1 is 1.29 bits per heavy atom. The van der Waals surface area contributed by atoms with Crippen molar-refractivity contribution >= 4 is 22.6 Å². The van der Waals surface area contributed by atoms with Gasteiger partial charge in [0.25, 0.3) is 5.78 Å². The summed E-state index contributed by atoms with van der Waals surface area (Å²) < 4.78 is 6.82. The molecule has 0 fully saturated rings. The van der Waals surface area contributed by atoms with Crippen molar-refractivity contribution in [3.63, 3.8) is 0 Å². The maximum Gasteiger partial charge on any atom is 0.254 e. The summed E-state index contributed by atoms with van der Waals surface area (Å²) in [6, 6.07) is 8.00. The predicted octanol–water partition coefficient (Wildman–Crippen LogP) is 2.07. The van der Waals surface area contributed by atoms with Crippen LogP contribution in [0.3, 0.4) is 0 Å². The van der Waals surface area contributed by atoms with E-state index < -0.39 is 0 Å². The molecule has 0 amide bonds. The molecule has 8 heteroatoms. The van der Waals surface area contributed by atoms with Crippen LogP contribution in [0.5, 0.6) is 0 Å². The van der Waals surface area contributed by atoms with Gasteiger partial charge in [0.1, 0.15) is 18.0 Å². The molecule has 122 valence electrons. The summed E-state index contributed by atoms with van der Waals surface area (Å²) in [5.41, 5.74) is 3.98. The van der Waals surface area contributed by atoms with Crippen molar-refractivity contribution in [3.8, 4) is 0 Å². The number of aromatic amines is 1. The van der Waals surface area contributed by atoms with Crippen LogP contribution in [0.2, 0.25) is 0 Å². The molecule has 0 saturated heterocycles. The quantitative estimate of drug-likeness (QED) is 0.584. The number of imidazole rings is 1. The Labute approximate surface area is 137 Å². The molecule has 4 aromatic rings. The van der Waals surface area contributed by atoms with Crippen LogP contribution in [0.1, 0.15) is 17.1 Å². The fraction of sp³-hybridized carbons (Fsp3) is 0.250. The van der Waals surface area contributed by atoms with Crippen molar-refractivity contribution in [1.29, 1.82) is 0 Å². The molecule has 24 heavy (non-hydrogen) atoms. The van der Waals surface area contributed by atoms with E-state index in [-0.39, 0.29) is 0 Å². The number of ether oxygens (including phenoxy) is 1. The van der Waals surface area contributed by atoms with Crippen LogP contribution in [0.15, 0.2) is 30.6 Å². The monoisotopic (exact) mass is 323 g/mol. The van der Waals surface area contributed by atoms with Crippen LogP contribution in [-0.2, 0) is 17.9 Å². The molecule has 0 aliphatic carbocycles. The third-order valence-electron chi connectivity index (χ3n) is 3.80. The van der Waals surface area contributed by atoms with Gasteiger partial charge in [0.05, 0.1) is 29.9 Å². The molecule has 1 aromatic carbocycles. The van der Waals surface area contributed by atoms with Gasteiger partial charge in [-0.25, -0.2) is 9.97 Å². The Morgan fingerprint density at radius 3 is 3.04 bits per heavy atom. The van der Waals surface area contributed by atoms with Gasteiger partial charge in [-0.15, -0.1) is 0 Å². The second-order valence-corrected chi connectivity index (χ2v) is 5.55. The fourth-order valence-electron chi connectivity index (χ4n) is 2.69. The van der Waals surface area contributed by atoms with Crippen molar-refractivity contribution in [2.75, 3.05) is 12.4 Å². The fourth-order valence-corrected chi connectivity index (χ4v) is 2.69. The summed E-state index contributed by atoms with van der Waals surface area (Å²) >= 11 is 0. The number of para-hydroxylation sites is 1. The molecule has 4 rings (SSSR count). The molecule has 3 heterocycles. The second kappa shape index (κ2) is 5.89. The normalized spacial score (nSPS) is 11.4. The number of methoxy groups -OCH3 is 1. The first-order chi connectivity index (χ1) is 11.7. The zero-order valence-corrected chi connectivity index (χ0v) is 13.4. The zero-order valence-electron chi connectivity index (χ0n) is 13.4. The average Bonchev–Trinajstić information content (AvgIpc) is 3.20. The van der Waals surface area contributed by atoms with E-state index in [1.165, 1.54) is 6.33 Å². The third-order valence-corrected chi connectivity index (χ3v) is 3.80. The summed E-state index contributed by atoms with van der Waals surface area (Å²) in [6.07, 6.45) is 1.48. The topological polar surface area (TPSA) is 93.0 Å². The molecule has 0 unspecified atom stereocenters. The number of hydrogen-bond donors (Lipinski definition) is 2. The molecule has 0 spiro atoms. The number of rotatable bonds is 5. The van der Waals surface area contributed by atoms with Crippen LogP contribution in [0.4, 0.5) is 5.82 Å². The summed E-state index contributed by atoms with van der Waals surface area (Å²) in [4.78, 5) is 16.5. The Hall–Kier alpha value is -3.00. The van der Waals surface area contributed by atoms with Gasteiger partial charge < -0.3 is 15.0 Å². The van der Waals surface area contributed by atoms with E-state index in [0.29, 0.717) is 18.9 Å². The lowest BCUT2D eigenvalue weighted by Crippen LogP contribution is -2.09. The maximum absolute atomic E-state index is 5.16. The first kappa shape index (κ1) is 14.6. The molecular formula is C16H17N7O. The number of nitrogens with one attached hydrogen (secondary N) is 2. The highest BCUT2D eigenvalue weighted by Gasteiger charge is 2.09. The lowest BCUT2D eigenvalue weighted by Gasteiger charge is -2.08. The van der Waals surface area contributed by atoms with Gasteiger partial charge >= 0.3 is 0 Å². The van der Waals surface area contributed by atoms with E-state index in [0.717, 1.165) is 33.9 Å². The van der Waals surface area contributed by atoms with Crippen molar-refractivity contribution in [2.24, 2.45) is 0 Å². The Bertz CT molecular complexity index is 1000. The van der Waals surface area contributed by atoms with Crippen LogP contribution < -0.4 is 5.32 Å². The van der Waals surface area contributed by atoms with Crippen LogP contribution in [0.25, 0.3) is 16.8 Å². The van der Waals surface area contributed by atoms with Crippen molar-refractivity contribution in [2.45, 2.75) is 20.1 Å².